The van der Waals surface area contributed by atoms with Gasteiger partial charge in [0.2, 0.25) is 0 Å². The average molecular weight is 350 g/mol. The van der Waals surface area contributed by atoms with Crippen molar-refractivity contribution in [3.63, 3.8) is 0 Å². The number of unbranched alkanes of at least 4 members (excludes halogenated alkanes) is 3. The van der Waals surface area contributed by atoms with Gasteiger partial charge < -0.3 is 5.32 Å². The fraction of sp³-hybridized carbons (Fsp3) is 0.300. The second kappa shape index (κ2) is 8.38. The topological polar surface area (TPSA) is 74.7 Å². The Kier molecular flexibility index (Phi) is 5.73. The summed E-state index contributed by atoms with van der Waals surface area (Å²) in [6.45, 7) is 2.77. The van der Waals surface area contributed by atoms with Crippen LogP contribution in [0.4, 0.5) is 17.2 Å². The zero-order valence-corrected chi connectivity index (χ0v) is 14.8. The fourth-order valence-electron chi connectivity index (χ4n) is 2.89. The summed E-state index contributed by atoms with van der Waals surface area (Å²) in [5.74, 6) is -0.181. The highest BCUT2D eigenvalue weighted by molar-refractivity contribution is 6.36. The molecule has 26 heavy (non-hydrogen) atoms. The number of para-hydroxylation sites is 1. The van der Waals surface area contributed by atoms with Crippen LogP contribution in [0.25, 0.3) is 0 Å². The summed E-state index contributed by atoms with van der Waals surface area (Å²) in [6.07, 6.45) is 7.34. The van der Waals surface area contributed by atoms with Crippen LogP contribution in [-0.2, 0) is 4.79 Å². The molecule has 134 valence electrons. The zero-order valence-electron chi connectivity index (χ0n) is 14.8. The van der Waals surface area contributed by atoms with Crippen molar-refractivity contribution in [3.05, 3.63) is 48.2 Å². The first kappa shape index (κ1) is 17.8. The number of hydrogen-bond donors (Lipinski definition) is 1. The van der Waals surface area contributed by atoms with Gasteiger partial charge in [0, 0.05) is 12.7 Å². The minimum atomic E-state index is -0.315. The molecule has 1 aliphatic rings. The molecule has 3 rings (SSSR count). The molecule has 0 saturated heterocycles. The van der Waals surface area contributed by atoms with Crippen LogP contribution < -0.4 is 10.2 Å². The van der Waals surface area contributed by atoms with Gasteiger partial charge in [-0.2, -0.15) is 0 Å². The second-order valence-corrected chi connectivity index (χ2v) is 6.12. The number of aliphatic imine (C=N–C) groups is 1. The predicted octanol–water partition coefficient (Wildman–Crippen LogP) is 3.96. The Morgan fingerprint density at radius 3 is 2.88 bits per heavy atom. The highest BCUT2D eigenvalue weighted by Crippen LogP contribution is 2.35. The Morgan fingerprint density at radius 1 is 1.19 bits per heavy atom. The van der Waals surface area contributed by atoms with E-state index in [4.69, 9.17) is 0 Å². The first-order valence-electron chi connectivity index (χ1n) is 8.91. The van der Waals surface area contributed by atoms with E-state index >= 15 is 0 Å². The van der Waals surface area contributed by atoms with Crippen molar-refractivity contribution in [2.24, 2.45) is 4.99 Å². The molecule has 1 aliphatic heterocycles. The van der Waals surface area contributed by atoms with Crippen LogP contribution in [0.5, 0.6) is 0 Å². The number of aromatic nitrogens is 1. The minimum Gasteiger partial charge on any atom is -0.319 e. The molecule has 2 amide bonds. The zero-order chi connectivity index (χ0) is 18.4. The molecule has 1 aromatic heterocycles. The molecule has 2 aromatic rings. The number of pyridine rings is 1. The Balaban J connectivity index is 1.90. The predicted molar refractivity (Wildman–Crippen MR) is 103 cm³/mol. The molecule has 0 fully saturated rings. The summed E-state index contributed by atoms with van der Waals surface area (Å²) in [5.41, 5.74) is 1.43. The summed E-state index contributed by atoms with van der Waals surface area (Å²) < 4.78 is 0. The van der Waals surface area contributed by atoms with Gasteiger partial charge in [-0.15, -0.1) is 0 Å². The van der Waals surface area contributed by atoms with Crippen molar-refractivity contribution >= 4 is 35.2 Å². The van der Waals surface area contributed by atoms with Crippen molar-refractivity contribution in [2.75, 3.05) is 16.8 Å². The third-order valence-electron chi connectivity index (χ3n) is 4.20. The maximum Gasteiger partial charge on any atom is 0.274 e. The van der Waals surface area contributed by atoms with Gasteiger partial charge in [0.05, 0.1) is 23.2 Å². The Labute approximate surface area is 153 Å². The first-order chi connectivity index (χ1) is 12.7. The number of nitrogens with one attached hydrogen (secondary N) is 1. The smallest absolute Gasteiger partial charge is 0.274 e. The van der Waals surface area contributed by atoms with Gasteiger partial charge in [0.15, 0.2) is 5.82 Å². The molecular weight excluding hydrogens is 328 g/mol. The lowest BCUT2D eigenvalue weighted by Gasteiger charge is -2.20. The van der Waals surface area contributed by atoms with E-state index in [0.717, 1.165) is 19.3 Å². The van der Waals surface area contributed by atoms with Gasteiger partial charge in [-0.05, 0) is 30.7 Å². The molecule has 0 saturated carbocycles. The molecule has 0 aliphatic carbocycles. The minimum absolute atomic E-state index is 0.262. The molecule has 2 heterocycles. The number of hydrogen-bond acceptors (Lipinski definition) is 4. The van der Waals surface area contributed by atoms with Gasteiger partial charge in [0.25, 0.3) is 11.8 Å². The van der Waals surface area contributed by atoms with E-state index in [2.05, 4.69) is 22.2 Å². The van der Waals surface area contributed by atoms with Crippen molar-refractivity contribution in [2.45, 2.75) is 32.6 Å². The van der Waals surface area contributed by atoms with Gasteiger partial charge in [-0.25, -0.2) is 4.98 Å². The second-order valence-electron chi connectivity index (χ2n) is 6.12. The normalized spacial score (nSPS) is 13.1. The number of carbonyl (C=O) groups excluding carboxylic acids is 2. The van der Waals surface area contributed by atoms with Crippen LogP contribution >= 0.6 is 0 Å². The van der Waals surface area contributed by atoms with Crippen LogP contribution in [-0.4, -0.2) is 29.6 Å². The molecule has 6 nitrogen and oxygen atoms in total. The Hall–Kier alpha value is -3.02. The van der Waals surface area contributed by atoms with Crippen molar-refractivity contribution in [1.29, 1.82) is 0 Å². The molecule has 1 N–H and O–H groups in total. The van der Waals surface area contributed by atoms with E-state index in [9.17, 15) is 9.59 Å². The van der Waals surface area contributed by atoms with Gasteiger partial charge in [-0.1, -0.05) is 38.3 Å². The highest BCUT2D eigenvalue weighted by atomic mass is 16.2. The van der Waals surface area contributed by atoms with Crippen LogP contribution in [0.3, 0.4) is 0 Å². The number of anilines is 3. The van der Waals surface area contributed by atoms with Crippen LogP contribution in [0.15, 0.2) is 47.6 Å². The molecule has 0 unspecified atom stereocenters. The van der Waals surface area contributed by atoms with Crippen molar-refractivity contribution in [3.8, 4) is 0 Å². The first-order valence-corrected chi connectivity index (χ1v) is 8.91. The standard InChI is InChI=1S/C20H22N4O2/c1-2-3-4-7-12-21-14-18(25)24-17-11-6-5-9-15(17)20(26)23-16-10-8-13-22-19(16)24/h5-6,8-11,13-14H,2-4,7,12H2,1H3,(H,23,26). The summed E-state index contributed by atoms with van der Waals surface area (Å²) in [5, 5.41) is 2.81. The molecule has 0 atom stereocenters. The summed E-state index contributed by atoms with van der Waals surface area (Å²) in [4.78, 5) is 35.4. The monoisotopic (exact) mass is 350 g/mol. The third-order valence-corrected chi connectivity index (χ3v) is 4.20. The molecule has 6 heteroatoms. The van der Waals surface area contributed by atoms with E-state index in [1.807, 2.05) is 0 Å². The van der Waals surface area contributed by atoms with E-state index in [1.165, 1.54) is 17.5 Å². The lowest BCUT2D eigenvalue weighted by molar-refractivity contribution is -0.111. The van der Waals surface area contributed by atoms with Crippen LogP contribution in [0, 0.1) is 0 Å². The van der Waals surface area contributed by atoms with Crippen LogP contribution in [0.2, 0.25) is 0 Å². The molecule has 1 aromatic carbocycles. The summed E-state index contributed by atoms with van der Waals surface area (Å²) in [7, 11) is 0. The Morgan fingerprint density at radius 2 is 2.04 bits per heavy atom. The number of rotatable bonds is 6. The molecule has 0 spiro atoms. The quantitative estimate of drug-likeness (QED) is 0.633. The van der Waals surface area contributed by atoms with E-state index in [1.54, 1.807) is 42.6 Å². The maximum absolute atomic E-state index is 12.9. The average Bonchev–Trinajstić information content (AvgIpc) is 2.78. The van der Waals surface area contributed by atoms with Gasteiger partial charge in [-0.3, -0.25) is 19.5 Å². The Bertz CT molecular complexity index is 832. The van der Waals surface area contributed by atoms with Crippen molar-refractivity contribution < 1.29 is 9.59 Å². The SMILES string of the molecule is CCCCCCN=CC(=O)N1c2ccccc2C(=O)Nc2cccnc21. The number of carbonyl (C=O) groups is 2. The largest absolute Gasteiger partial charge is 0.319 e. The third kappa shape index (κ3) is 3.79. The highest BCUT2D eigenvalue weighted by Gasteiger charge is 2.29. The molecular formula is C20H22N4O2. The van der Waals surface area contributed by atoms with Crippen molar-refractivity contribution in [1.82, 2.24) is 4.98 Å². The summed E-state index contributed by atoms with van der Waals surface area (Å²) in [6, 6.07) is 10.5. The van der Waals surface area contributed by atoms with Gasteiger partial charge in [0.1, 0.15) is 0 Å². The fourth-order valence-corrected chi connectivity index (χ4v) is 2.89. The van der Waals surface area contributed by atoms with E-state index in [-0.39, 0.29) is 11.8 Å². The van der Waals surface area contributed by atoms with Crippen LogP contribution in [0.1, 0.15) is 43.0 Å². The summed E-state index contributed by atoms with van der Waals surface area (Å²) >= 11 is 0. The van der Waals surface area contributed by atoms with E-state index in [0.29, 0.717) is 29.3 Å². The lowest BCUT2D eigenvalue weighted by atomic mass is 10.1. The van der Waals surface area contributed by atoms with Gasteiger partial charge >= 0.3 is 0 Å². The number of benzene rings is 1. The lowest BCUT2D eigenvalue weighted by Crippen LogP contribution is -2.28. The number of amides is 2. The molecule has 0 bridgehead atoms. The number of nitrogens with zero attached hydrogens (tertiary/aromatic N) is 3. The molecule has 0 radical (unpaired) electrons. The maximum atomic E-state index is 12.9. The number of fused-ring (bicyclic) bond motifs is 2. The van der Waals surface area contributed by atoms with E-state index < -0.39 is 0 Å².